The molecular formula is C20H17Br. The minimum Gasteiger partial charge on any atom is -0.0990 e. The zero-order chi connectivity index (χ0) is 14.8. The number of hydrogen-bond acceptors (Lipinski definition) is 0. The molecule has 3 aromatic rings. The Morgan fingerprint density at radius 1 is 0.952 bits per heavy atom. The molecule has 0 aromatic heterocycles. The molecule has 21 heavy (non-hydrogen) atoms. The second-order valence-electron chi connectivity index (χ2n) is 5.08. The van der Waals surface area contributed by atoms with Crippen LogP contribution in [0.1, 0.15) is 13.3 Å². The zero-order valence-electron chi connectivity index (χ0n) is 12.1. The average molecular weight is 337 g/mol. The maximum Gasteiger partial charge on any atom is 0.0181 e. The third kappa shape index (κ3) is 2.43. The first-order valence-corrected chi connectivity index (χ1v) is 7.98. The number of hydrogen-bond donors (Lipinski definition) is 0. The van der Waals surface area contributed by atoms with Crippen molar-refractivity contribution in [1.29, 1.82) is 0 Å². The van der Waals surface area contributed by atoms with Gasteiger partial charge in [0.15, 0.2) is 0 Å². The van der Waals surface area contributed by atoms with Crippen molar-refractivity contribution in [2.75, 3.05) is 0 Å². The van der Waals surface area contributed by atoms with Gasteiger partial charge in [-0.3, -0.25) is 0 Å². The number of benzene rings is 3. The topological polar surface area (TPSA) is 0 Å². The van der Waals surface area contributed by atoms with Gasteiger partial charge in [-0.2, -0.15) is 0 Å². The van der Waals surface area contributed by atoms with E-state index in [4.69, 9.17) is 0 Å². The quantitative estimate of drug-likeness (QED) is 0.583. The van der Waals surface area contributed by atoms with E-state index in [0.717, 1.165) is 10.9 Å². The maximum absolute atomic E-state index is 3.88. The normalized spacial score (nSPS) is 13.2. The van der Waals surface area contributed by atoms with E-state index >= 15 is 0 Å². The monoisotopic (exact) mass is 336 g/mol. The standard InChI is InChI=1S/C20H17Br/c1-3-7-15-16(8-4-2)19-12-11-14(21)13-20(19)18-10-6-5-9-17(15)18/h3,5-13H,1,4H2,2H3/b15-7+,16-8+. The molecule has 0 heterocycles. The Hall–Kier alpha value is -1.86. The Balaban J connectivity index is 2.73. The van der Waals surface area contributed by atoms with E-state index in [1.807, 2.05) is 6.08 Å². The van der Waals surface area contributed by atoms with Gasteiger partial charge >= 0.3 is 0 Å². The summed E-state index contributed by atoms with van der Waals surface area (Å²) < 4.78 is 1.11. The molecule has 0 nitrogen and oxygen atoms in total. The summed E-state index contributed by atoms with van der Waals surface area (Å²) >= 11 is 3.60. The van der Waals surface area contributed by atoms with Crippen LogP contribution < -0.4 is 10.4 Å². The van der Waals surface area contributed by atoms with E-state index in [0.29, 0.717) is 0 Å². The van der Waals surface area contributed by atoms with Gasteiger partial charge in [0, 0.05) is 4.47 Å². The second kappa shape index (κ2) is 5.87. The Labute approximate surface area is 133 Å². The highest BCUT2D eigenvalue weighted by Gasteiger charge is 2.05. The van der Waals surface area contributed by atoms with Crippen LogP contribution >= 0.6 is 15.9 Å². The van der Waals surface area contributed by atoms with Gasteiger partial charge in [0.05, 0.1) is 0 Å². The van der Waals surface area contributed by atoms with E-state index in [9.17, 15) is 0 Å². The highest BCUT2D eigenvalue weighted by molar-refractivity contribution is 9.10. The minimum absolute atomic E-state index is 1.02. The molecule has 3 aromatic carbocycles. The molecule has 0 fully saturated rings. The van der Waals surface area contributed by atoms with Crippen molar-refractivity contribution in [2.45, 2.75) is 13.3 Å². The fourth-order valence-corrected chi connectivity index (χ4v) is 3.30. The van der Waals surface area contributed by atoms with Crippen molar-refractivity contribution in [1.82, 2.24) is 0 Å². The van der Waals surface area contributed by atoms with Gasteiger partial charge in [-0.1, -0.05) is 78.0 Å². The molecule has 1 heteroatoms. The third-order valence-corrected chi connectivity index (χ3v) is 4.26. The van der Waals surface area contributed by atoms with Gasteiger partial charge in [0.2, 0.25) is 0 Å². The third-order valence-electron chi connectivity index (χ3n) is 3.76. The lowest BCUT2D eigenvalue weighted by atomic mass is 9.97. The maximum atomic E-state index is 3.88. The Morgan fingerprint density at radius 3 is 2.38 bits per heavy atom. The van der Waals surface area contributed by atoms with Crippen LogP contribution in [0.2, 0.25) is 0 Å². The number of allylic oxidation sites excluding steroid dienone is 1. The Bertz CT molecular complexity index is 949. The summed E-state index contributed by atoms with van der Waals surface area (Å²) in [7, 11) is 0. The Kier molecular flexibility index (Phi) is 3.94. The summed E-state index contributed by atoms with van der Waals surface area (Å²) in [6, 6.07) is 15.1. The van der Waals surface area contributed by atoms with E-state index < -0.39 is 0 Å². The summed E-state index contributed by atoms with van der Waals surface area (Å²) in [5.74, 6) is 0. The largest absolute Gasteiger partial charge is 0.0990 e. The number of fused-ring (bicyclic) bond motifs is 3. The summed E-state index contributed by atoms with van der Waals surface area (Å²) in [4.78, 5) is 0. The number of rotatable bonds is 2. The molecule has 0 aliphatic heterocycles. The molecule has 0 spiro atoms. The fourth-order valence-electron chi connectivity index (χ4n) is 2.94. The summed E-state index contributed by atoms with van der Waals surface area (Å²) in [6.45, 7) is 6.06. The van der Waals surface area contributed by atoms with Crippen LogP contribution in [0.3, 0.4) is 0 Å². The lowest BCUT2D eigenvalue weighted by molar-refractivity contribution is 1.29. The lowest BCUT2D eigenvalue weighted by Gasteiger charge is -2.08. The molecule has 0 amide bonds. The first kappa shape index (κ1) is 14.1. The molecule has 0 aliphatic rings. The van der Waals surface area contributed by atoms with Gasteiger partial charge in [-0.25, -0.2) is 0 Å². The molecule has 0 radical (unpaired) electrons. The van der Waals surface area contributed by atoms with E-state index in [1.54, 1.807) is 0 Å². The highest BCUT2D eigenvalue weighted by atomic mass is 79.9. The molecule has 0 N–H and O–H groups in total. The zero-order valence-corrected chi connectivity index (χ0v) is 13.7. The molecular weight excluding hydrogens is 320 g/mol. The van der Waals surface area contributed by atoms with Crippen molar-refractivity contribution in [2.24, 2.45) is 0 Å². The van der Waals surface area contributed by atoms with Crippen LogP contribution in [0.25, 0.3) is 33.7 Å². The molecule has 0 aliphatic carbocycles. The molecule has 104 valence electrons. The van der Waals surface area contributed by atoms with Crippen LogP contribution in [-0.2, 0) is 0 Å². The predicted octanol–water partition coefficient (Wildman–Crippen LogP) is 4.91. The van der Waals surface area contributed by atoms with Gasteiger partial charge in [0.1, 0.15) is 0 Å². The van der Waals surface area contributed by atoms with Crippen molar-refractivity contribution >= 4 is 49.6 Å². The Morgan fingerprint density at radius 2 is 1.67 bits per heavy atom. The number of halogens is 1. The van der Waals surface area contributed by atoms with E-state index in [-0.39, 0.29) is 0 Å². The van der Waals surface area contributed by atoms with Gasteiger partial charge < -0.3 is 0 Å². The lowest BCUT2D eigenvalue weighted by Crippen LogP contribution is -2.26. The molecule has 0 bridgehead atoms. The predicted molar refractivity (Wildman–Crippen MR) is 97.8 cm³/mol. The SMILES string of the molecule is C=C/C=c1\c(=C/CC)c2ccc(Br)cc2c2ccccc12. The molecule has 0 saturated heterocycles. The summed E-state index contributed by atoms with van der Waals surface area (Å²) in [6.07, 6.45) is 7.31. The molecule has 0 atom stereocenters. The first-order valence-electron chi connectivity index (χ1n) is 7.19. The van der Waals surface area contributed by atoms with E-state index in [2.05, 4.69) is 84.0 Å². The van der Waals surface area contributed by atoms with Crippen molar-refractivity contribution < 1.29 is 0 Å². The van der Waals surface area contributed by atoms with Crippen LogP contribution in [0.5, 0.6) is 0 Å². The van der Waals surface area contributed by atoms with Crippen molar-refractivity contribution in [3.05, 3.63) is 70.0 Å². The molecule has 3 rings (SSSR count). The van der Waals surface area contributed by atoms with Crippen LogP contribution in [0.4, 0.5) is 0 Å². The van der Waals surface area contributed by atoms with Crippen molar-refractivity contribution in [3.8, 4) is 0 Å². The summed E-state index contributed by atoms with van der Waals surface area (Å²) in [5.41, 5.74) is 0. The van der Waals surface area contributed by atoms with Gasteiger partial charge in [-0.05, 0) is 50.5 Å². The fraction of sp³-hybridized carbons (Fsp3) is 0.100. The average Bonchev–Trinajstić information content (AvgIpc) is 2.51. The first-order chi connectivity index (χ1) is 10.3. The minimum atomic E-state index is 1.02. The van der Waals surface area contributed by atoms with Crippen LogP contribution in [0.15, 0.2) is 59.6 Å². The van der Waals surface area contributed by atoms with Crippen LogP contribution in [-0.4, -0.2) is 0 Å². The van der Waals surface area contributed by atoms with Gasteiger partial charge in [-0.15, -0.1) is 0 Å². The molecule has 0 saturated carbocycles. The van der Waals surface area contributed by atoms with E-state index in [1.165, 1.54) is 32.0 Å². The smallest absolute Gasteiger partial charge is 0.0181 e. The van der Waals surface area contributed by atoms with Crippen LogP contribution in [0, 0.1) is 0 Å². The second-order valence-corrected chi connectivity index (χ2v) is 5.99. The van der Waals surface area contributed by atoms with Crippen molar-refractivity contribution in [3.63, 3.8) is 0 Å². The molecule has 0 unspecified atom stereocenters. The van der Waals surface area contributed by atoms with Gasteiger partial charge in [0.25, 0.3) is 0 Å². The highest BCUT2D eigenvalue weighted by Crippen LogP contribution is 2.24. The summed E-state index contributed by atoms with van der Waals surface area (Å²) in [5, 5.41) is 7.72.